The molecule has 0 bridgehead atoms. The lowest BCUT2D eigenvalue weighted by molar-refractivity contribution is 0.967. The van der Waals surface area contributed by atoms with E-state index in [1.165, 1.54) is 16.9 Å². The van der Waals surface area contributed by atoms with Crippen LogP contribution >= 0.6 is 0 Å². The third-order valence-corrected chi connectivity index (χ3v) is 2.16. The topological polar surface area (TPSA) is 38.4 Å². The van der Waals surface area contributed by atoms with Crippen molar-refractivity contribution in [3.05, 3.63) is 35.6 Å². The van der Waals surface area contributed by atoms with Gasteiger partial charge in [-0.2, -0.15) is 0 Å². The predicted molar refractivity (Wildman–Crippen MR) is 51.0 cm³/mol. The Labute approximate surface area is 72.2 Å². The van der Waals surface area contributed by atoms with Gasteiger partial charge in [0.1, 0.15) is 0 Å². The van der Waals surface area contributed by atoms with E-state index in [0.29, 0.717) is 6.54 Å². The fourth-order valence-corrected chi connectivity index (χ4v) is 1.54. The SMILES string of the molecule is NCCC1=CN=C2CC=CC=C12. The molecule has 2 heteroatoms. The van der Waals surface area contributed by atoms with Crippen LogP contribution in [0.1, 0.15) is 12.8 Å². The van der Waals surface area contributed by atoms with Gasteiger partial charge < -0.3 is 5.73 Å². The van der Waals surface area contributed by atoms with Gasteiger partial charge in [0.05, 0.1) is 5.71 Å². The second-order valence-electron chi connectivity index (χ2n) is 2.98. The van der Waals surface area contributed by atoms with Crippen molar-refractivity contribution >= 4 is 5.71 Å². The Morgan fingerprint density at radius 2 is 2.42 bits per heavy atom. The highest BCUT2D eigenvalue weighted by Gasteiger charge is 2.16. The van der Waals surface area contributed by atoms with Crippen molar-refractivity contribution in [2.24, 2.45) is 10.7 Å². The zero-order valence-corrected chi connectivity index (χ0v) is 6.96. The van der Waals surface area contributed by atoms with E-state index in [2.05, 4.69) is 23.2 Å². The number of nitrogens with zero attached hydrogens (tertiary/aromatic N) is 1. The van der Waals surface area contributed by atoms with Crippen LogP contribution in [0.25, 0.3) is 0 Å². The van der Waals surface area contributed by atoms with Crippen LogP contribution in [-0.4, -0.2) is 12.3 Å². The molecular weight excluding hydrogens is 148 g/mol. The van der Waals surface area contributed by atoms with Crippen LogP contribution in [0.2, 0.25) is 0 Å². The average molecular weight is 160 g/mol. The van der Waals surface area contributed by atoms with Crippen molar-refractivity contribution in [1.82, 2.24) is 0 Å². The smallest absolute Gasteiger partial charge is 0.0517 e. The molecule has 2 rings (SSSR count). The minimum Gasteiger partial charge on any atom is -0.330 e. The molecule has 0 saturated carbocycles. The van der Waals surface area contributed by atoms with Gasteiger partial charge in [0.15, 0.2) is 0 Å². The lowest BCUT2D eigenvalue weighted by Gasteiger charge is -2.08. The predicted octanol–water partition coefficient (Wildman–Crippen LogP) is 1.56. The van der Waals surface area contributed by atoms with Crippen molar-refractivity contribution in [3.63, 3.8) is 0 Å². The first-order valence-electron chi connectivity index (χ1n) is 4.25. The molecule has 62 valence electrons. The van der Waals surface area contributed by atoms with Crippen molar-refractivity contribution in [2.75, 3.05) is 6.54 Å². The zero-order chi connectivity index (χ0) is 8.39. The molecular formula is C10H12N2. The molecule has 2 nitrogen and oxygen atoms in total. The molecule has 0 atom stereocenters. The van der Waals surface area contributed by atoms with Gasteiger partial charge in [0.25, 0.3) is 0 Å². The molecule has 0 radical (unpaired) electrons. The molecule has 0 amide bonds. The first-order chi connectivity index (χ1) is 5.92. The molecule has 0 aromatic heterocycles. The van der Waals surface area contributed by atoms with Crippen LogP contribution in [0.5, 0.6) is 0 Å². The maximum Gasteiger partial charge on any atom is 0.0517 e. The first kappa shape index (κ1) is 7.50. The number of aliphatic imine (C=N–C) groups is 1. The highest BCUT2D eigenvalue weighted by molar-refractivity contribution is 6.08. The van der Waals surface area contributed by atoms with Crippen LogP contribution in [0.3, 0.4) is 0 Å². The third-order valence-electron chi connectivity index (χ3n) is 2.16. The Balaban J connectivity index is 2.22. The van der Waals surface area contributed by atoms with E-state index in [9.17, 15) is 0 Å². The molecule has 0 saturated heterocycles. The van der Waals surface area contributed by atoms with E-state index >= 15 is 0 Å². The Kier molecular flexibility index (Phi) is 1.92. The van der Waals surface area contributed by atoms with Crippen molar-refractivity contribution in [3.8, 4) is 0 Å². The fourth-order valence-electron chi connectivity index (χ4n) is 1.54. The van der Waals surface area contributed by atoms with Crippen molar-refractivity contribution in [2.45, 2.75) is 12.8 Å². The monoisotopic (exact) mass is 160 g/mol. The minimum absolute atomic E-state index is 0.704. The summed E-state index contributed by atoms with van der Waals surface area (Å²) in [7, 11) is 0. The lowest BCUT2D eigenvalue weighted by atomic mass is 9.96. The van der Waals surface area contributed by atoms with Gasteiger partial charge in [0, 0.05) is 18.2 Å². The van der Waals surface area contributed by atoms with Crippen LogP contribution in [0.15, 0.2) is 40.6 Å². The Morgan fingerprint density at radius 3 is 3.25 bits per heavy atom. The molecule has 12 heavy (non-hydrogen) atoms. The molecule has 0 spiro atoms. The van der Waals surface area contributed by atoms with Crippen LogP contribution < -0.4 is 5.73 Å². The van der Waals surface area contributed by atoms with Gasteiger partial charge in [-0.05, 0) is 18.5 Å². The Morgan fingerprint density at radius 1 is 1.50 bits per heavy atom. The molecule has 1 heterocycles. The van der Waals surface area contributed by atoms with E-state index in [-0.39, 0.29) is 0 Å². The third kappa shape index (κ3) is 1.14. The number of allylic oxidation sites excluding steroid dienone is 4. The van der Waals surface area contributed by atoms with Crippen LogP contribution in [0, 0.1) is 0 Å². The summed E-state index contributed by atoms with van der Waals surface area (Å²) in [6, 6.07) is 0. The normalized spacial score (nSPS) is 19.9. The summed E-state index contributed by atoms with van der Waals surface area (Å²) in [5, 5.41) is 0. The van der Waals surface area contributed by atoms with E-state index in [0.717, 1.165) is 12.8 Å². The van der Waals surface area contributed by atoms with Gasteiger partial charge in [-0.25, -0.2) is 0 Å². The minimum atomic E-state index is 0.704. The van der Waals surface area contributed by atoms with E-state index in [1.54, 1.807) is 0 Å². The Hall–Kier alpha value is -1.15. The van der Waals surface area contributed by atoms with E-state index < -0.39 is 0 Å². The number of rotatable bonds is 2. The van der Waals surface area contributed by atoms with E-state index in [1.807, 2.05) is 6.20 Å². The van der Waals surface area contributed by atoms with Gasteiger partial charge >= 0.3 is 0 Å². The van der Waals surface area contributed by atoms with Crippen molar-refractivity contribution in [1.29, 1.82) is 0 Å². The molecule has 0 unspecified atom stereocenters. The molecule has 1 aliphatic heterocycles. The lowest BCUT2D eigenvalue weighted by Crippen LogP contribution is -2.06. The highest BCUT2D eigenvalue weighted by Crippen LogP contribution is 2.25. The molecule has 2 N–H and O–H groups in total. The maximum absolute atomic E-state index is 5.49. The standard InChI is InChI=1S/C10H12N2/c11-6-5-8-7-12-10-4-2-1-3-9(8)10/h1-3,7H,4-6,11H2. The summed E-state index contributed by atoms with van der Waals surface area (Å²) in [4.78, 5) is 4.34. The molecule has 0 fully saturated rings. The average Bonchev–Trinajstić information content (AvgIpc) is 2.50. The van der Waals surface area contributed by atoms with Gasteiger partial charge in [-0.3, -0.25) is 4.99 Å². The summed E-state index contributed by atoms with van der Waals surface area (Å²) >= 11 is 0. The summed E-state index contributed by atoms with van der Waals surface area (Å²) < 4.78 is 0. The summed E-state index contributed by atoms with van der Waals surface area (Å²) in [6.45, 7) is 0.704. The highest BCUT2D eigenvalue weighted by atomic mass is 14.7. The van der Waals surface area contributed by atoms with Gasteiger partial charge in [0.2, 0.25) is 0 Å². The summed E-state index contributed by atoms with van der Waals surface area (Å²) in [5.41, 5.74) is 9.27. The molecule has 2 aliphatic rings. The van der Waals surface area contributed by atoms with E-state index in [4.69, 9.17) is 5.73 Å². The molecule has 1 aliphatic carbocycles. The Bertz CT molecular complexity index is 306. The zero-order valence-electron chi connectivity index (χ0n) is 6.96. The van der Waals surface area contributed by atoms with Gasteiger partial charge in [-0.15, -0.1) is 0 Å². The van der Waals surface area contributed by atoms with Crippen molar-refractivity contribution < 1.29 is 0 Å². The number of nitrogens with two attached hydrogens (primary N) is 1. The number of hydrogen-bond donors (Lipinski definition) is 1. The summed E-state index contributed by atoms with van der Waals surface area (Å²) in [5.74, 6) is 0. The van der Waals surface area contributed by atoms with Gasteiger partial charge in [-0.1, -0.05) is 18.2 Å². The largest absolute Gasteiger partial charge is 0.330 e. The number of fused-ring (bicyclic) bond motifs is 1. The maximum atomic E-state index is 5.49. The second kappa shape index (κ2) is 3.07. The first-order valence-corrected chi connectivity index (χ1v) is 4.25. The fraction of sp³-hybridized carbons (Fsp3) is 0.300. The second-order valence-corrected chi connectivity index (χ2v) is 2.98. The summed E-state index contributed by atoms with van der Waals surface area (Å²) in [6.07, 6.45) is 10.2. The quantitative estimate of drug-likeness (QED) is 0.654. The molecule has 0 aromatic carbocycles. The molecule has 0 aromatic rings. The number of hydrogen-bond acceptors (Lipinski definition) is 2. The van der Waals surface area contributed by atoms with Crippen LogP contribution in [0.4, 0.5) is 0 Å². The van der Waals surface area contributed by atoms with Crippen LogP contribution in [-0.2, 0) is 0 Å².